The van der Waals surface area contributed by atoms with E-state index in [0.717, 1.165) is 48.9 Å². The van der Waals surface area contributed by atoms with Gasteiger partial charge in [0, 0.05) is 158 Å². The van der Waals surface area contributed by atoms with E-state index in [4.69, 9.17) is 89.8 Å². The molecule has 0 saturated heterocycles. The summed E-state index contributed by atoms with van der Waals surface area (Å²) in [5.74, 6) is -0.00705. The molecule has 0 atom stereocenters. The minimum absolute atomic E-state index is 0.0593. The molecule has 0 bridgehead atoms. The Morgan fingerprint density at radius 2 is 0.870 bits per heavy atom. The van der Waals surface area contributed by atoms with E-state index in [-0.39, 0.29) is 73.6 Å². The summed E-state index contributed by atoms with van der Waals surface area (Å²) in [7, 11) is 5.77. The van der Waals surface area contributed by atoms with Crippen LogP contribution >= 0.6 is 11.6 Å². The second-order valence-electron chi connectivity index (χ2n) is 28.1. The maximum Gasteiger partial charge on any atom is 0.255 e. The van der Waals surface area contributed by atoms with Crippen LogP contribution in [0.3, 0.4) is 0 Å². The van der Waals surface area contributed by atoms with Crippen molar-refractivity contribution in [3.05, 3.63) is 239 Å². The summed E-state index contributed by atoms with van der Waals surface area (Å²) in [6, 6.07) is 35.7. The van der Waals surface area contributed by atoms with Gasteiger partial charge in [0.15, 0.2) is 17.3 Å². The minimum atomic E-state index is -2.71. The molecule has 2 aliphatic carbocycles. The third-order valence-corrected chi connectivity index (χ3v) is 20.4. The number of H-pyrrole nitrogens is 1. The van der Waals surface area contributed by atoms with Crippen LogP contribution in [0.15, 0.2) is 196 Å². The lowest BCUT2D eigenvalue weighted by Crippen LogP contribution is -2.24. The van der Waals surface area contributed by atoms with E-state index < -0.39 is 42.3 Å². The van der Waals surface area contributed by atoms with E-state index in [2.05, 4.69) is 35.6 Å². The number of nitrogens with one attached hydrogen (secondary N) is 4. The number of nitrogens with two attached hydrogens (primary N) is 4. The highest BCUT2D eigenvalue weighted by Crippen LogP contribution is 2.44. The van der Waals surface area contributed by atoms with Gasteiger partial charge in [0.05, 0.1) is 100 Å². The van der Waals surface area contributed by atoms with Gasteiger partial charge in [0.2, 0.25) is 0 Å². The van der Waals surface area contributed by atoms with Crippen LogP contribution in [0.1, 0.15) is 126 Å². The van der Waals surface area contributed by atoms with Crippen molar-refractivity contribution in [3.63, 3.8) is 0 Å². The Hall–Kier alpha value is -15.9. The molecule has 8 heterocycles. The lowest BCUT2D eigenvalue weighted by atomic mass is 10.0. The van der Waals surface area contributed by atoms with Crippen molar-refractivity contribution in [2.45, 2.75) is 45.1 Å². The lowest BCUT2D eigenvalue weighted by Gasteiger charge is -2.12. The van der Waals surface area contributed by atoms with Gasteiger partial charge in [-0.25, -0.2) is 4.39 Å². The number of rotatable bonds is 24. The number of benzene rings is 8. The van der Waals surface area contributed by atoms with E-state index in [9.17, 15) is 42.7 Å². The average molecular weight is 1690 g/mol. The summed E-state index contributed by atoms with van der Waals surface area (Å²) in [5, 5.41) is 12.3. The number of carbonyl (C=O) groups excluding carboxylic acids is 8. The van der Waals surface area contributed by atoms with Gasteiger partial charge in [-0.15, -0.1) is 0 Å². The Morgan fingerprint density at radius 3 is 1.32 bits per heavy atom. The molecule has 31 nitrogen and oxygen atoms in total. The Labute approximate surface area is 705 Å². The number of ether oxygens (including phenoxy) is 8. The van der Waals surface area contributed by atoms with Crippen molar-refractivity contribution < 1.29 is 98.0 Å². The zero-order chi connectivity index (χ0) is 89.1. The third-order valence-electron chi connectivity index (χ3n) is 20.1. The fraction of sp³-hybridized carbons (Fsp3) is 0.156. The van der Waals surface area contributed by atoms with Gasteiger partial charge < -0.3 is 95.0 Å². The first-order valence-corrected chi connectivity index (χ1v) is 38.2. The summed E-state index contributed by atoms with van der Waals surface area (Å²) in [4.78, 5) is 117. The zero-order valence-corrected chi connectivity index (χ0v) is 66.6. The maximum absolute atomic E-state index is 14.9. The normalized spacial score (nSPS) is 12.6. The van der Waals surface area contributed by atoms with Crippen LogP contribution in [0.25, 0.3) is 87.4 Å². The molecule has 33 heteroatoms. The molecule has 622 valence electrons. The Kier molecular flexibility index (Phi) is 22.3. The van der Waals surface area contributed by atoms with Gasteiger partial charge in [-0.2, -0.15) is 0 Å². The average Bonchev–Trinajstić information content (AvgIpc) is 1.62. The monoisotopic (exact) mass is 1680 g/mol. The molecule has 0 spiro atoms. The van der Waals surface area contributed by atoms with Crippen molar-refractivity contribution in [1.82, 2.24) is 40.9 Å². The number of hydrogen-bond acceptors (Lipinski definition) is 23. The number of halogens is 2. The molecule has 0 aliphatic heterocycles. The smallest absolute Gasteiger partial charge is 0.255 e. The molecular formula is C90H74ClFN12O19. The number of carbonyl (C=O) groups is 8. The van der Waals surface area contributed by atoms with Gasteiger partial charge in [-0.05, 0) is 123 Å². The number of primary amides is 4. The van der Waals surface area contributed by atoms with Crippen molar-refractivity contribution >= 4 is 146 Å². The predicted octanol–water partition coefficient (Wildman–Crippen LogP) is 16.0. The van der Waals surface area contributed by atoms with Crippen molar-refractivity contribution in [3.8, 4) is 69.0 Å². The van der Waals surface area contributed by atoms with E-state index in [1.807, 2.05) is 24.4 Å². The van der Waals surface area contributed by atoms with Crippen LogP contribution in [0, 0.1) is 11.7 Å². The summed E-state index contributed by atoms with van der Waals surface area (Å²) >= 11 is 6.50. The topological polar surface area (TPSA) is 457 Å². The fourth-order valence-electron chi connectivity index (χ4n) is 13.6. The first kappa shape index (κ1) is 78.3. The highest BCUT2D eigenvalue weighted by atomic mass is 35.5. The summed E-state index contributed by atoms with van der Waals surface area (Å²) in [5.41, 5.74) is 28.2. The second kappa shape index (κ2) is 35.0. The number of aromatic nitrogens is 5. The van der Waals surface area contributed by atoms with Crippen molar-refractivity contribution in [2.75, 3.05) is 42.0 Å². The van der Waals surface area contributed by atoms with Crippen LogP contribution < -0.4 is 76.8 Å². The number of furan rings is 3. The molecule has 0 unspecified atom stereocenters. The third kappa shape index (κ3) is 17.4. The first-order valence-electron chi connectivity index (χ1n) is 39.3. The first-order chi connectivity index (χ1) is 60.5. The standard InChI is InChI=1S/C24H19ClN2O5.C23H20N4O4.C22H19N3O5.C21H16FN3O5/c1-30-21-9-18-14(7-15(21)24(26)29)20(4-5-27-18)32-23-10-22-13(8-17(23)25)16(11-31-22)19(28)6-12-2-3-12;1-30-21-10-19-15(9-16(21)22(24)28)20(6-7-25-19)31-13-4-5-14-17(11-26-18(14)8-13)23(29)27-12-2-3-12;1-3-24-22(27)16-11-29-20-8-12(4-5-13(16)20)30-18-6-7-25-17-10-19(28-2)15(21(23)26)9-14(17)18;1-24-21(27)13-9-29-18-8-19(14(22)6-10(13)18)30-16-3-4-25-15-7-17(28-2)12(20(23)26)5-11(15)16/h4-5,7-12H,2-3,6H2,1H3,(H2,26,29);4-12,26H,2-3H2,1H3,(H2,24,28)(H,27,29);4-11H,3H2,1-2H3,(H2,23,26)(H,24,27);3-9H,1-2H3,(H2,23,26)(H,24,27)/i;;;1D3. The van der Waals surface area contributed by atoms with Gasteiger partial charge in [-0.3, -0.25) is 58.3 Å². The number of nitrogens with zero attached hydrogens (tertiary/aromatic N) is 4. The zero-order valence-electron chi connectivity index (χ0n) is 68.8. The van der Waals surface area contributed by atoms with E-state index in [1.165, 1.54) is 71.4 Å². The van der Waals surface area contributed by atoms with Crippen LogP contribution in [0.5, 0.6) is 69.0 Å². The molecule has 12 N–H and O–H groups in total. The molecule has 7 amide bonds. The molecule has 2 saturated carbocycles. The van der Waals surface area contributed by atoms with Crippen LogP contribution in [0.4, 0.5) is 4.39 Å². The Morgan fingerprint density at radius 1 is 0.447 bits per heavy atom. The lowest BCUT2D eigenvalue weighted by molar-refractivity contribution is 0.0945. The Balaban J connectivity index is 0.000000130. The molecule has 18 rings (SSSR count). The number of pyridine rings is 4. The molecule has 16 aromatic rings. The van der Waals surface area contributed by atoms with E-state index >= 15 is 0 Å². The molecular weight excluding hydrogens is 1610 g/mol. The minimum Gasteiger partial charge on any atom is -0.496 e. The highest BCUT2D eigenvalue weighted by molar-refractivity contribution is 6.33. The molecule has 2 fully saturated rings. The molecule has 8 aromatic carbocycles. The van der Waals surface area contributed by atoms with Gasteiger partial charge in [0.1, 0.15) is 98.8 Å². The molecule has 2 aliphatic rings. The predicted molar refractivity (Wildman–Crippen MR) is 453 cm³/mol. The molecule has 8 aromatic heterocycles. The quantitative estimate of drug-likeness (QED) is 0.0260. The number of hydrogen-bond donors (Lipinski definition) is 8. The van der Waals surface area contributed by atoms with Gasteiger partial charge in [0.25, 0.3) is 41.4 Å². The van der Waals surface area contributed by atoms with Gasteiger partial charge in [-0.1, -0.05) is 11.6 Å². The summed E-state index contributed by atoms with van der Waals surface area (Å²) in [6.07, 6.45) is 16.7. The SMILES string of the molecule is CCNC(=O)c1coc2cc(Oc3ccnc4cc(OC)c(C(N)=O)cc34)ccc12.COc1cc2nccc(Oc3cc4occ(C(=O)CC5CC5)c4cc3Cl)c2cc1C(N)=O.COc1cc2nccc(Oc3ccc4c(C(=O)NC5CC5)c[nH]c4c3)c2cc1C(N)=O.[2H]C([2H])([2H])NC(=O)c1coc2cc(Oc3ccnc4cc(OC)c(C(N)=O)cc34)c(F)cc12. The van der Waals surface area contributed by atoms with E-state index in [0.29, 0.717) is 164 Å². The van der Waals surface area contributed by atoms with Crippen LogP contribution in [0.2, 0.25) is 5.02 Å². The number of aromatic amines is 1. The summed E-state index contributed by atoms with van der Waals surface area (Å²) in [6.45, 7) is -0.332. The highest BCUT2D eigenvalue weighted by Gasteiger charge is 2.30. The summed E-state index contributed by atoms with van der Waals surface area (Å²) < 4.78 is 97.6. The number of fused-ring (bicyclic) bond motifs is 8. The largest absolute Gasteiger partial charge is 0.496 e. The number of ketones is 1. The van der Waals surface area contributed by atoms with Crippen LogP contribution in [-0.4, -0.2) is 120 Å². The van der Waals surface area contributed by atoms with E-state index in [1.54, 1.807) is 116 Å². The van der Waals surface area contributed by atoms with Crippen molar-refractivity contribution in [1.29, 1.82) is 0 Å². The number of methoxy groups -OCH3 is 4. The maximum atomic E-state index is 14.9. The number of Topliss-reactive ketones (excluding diaryl/α,β-unsaturated/α-hetero) is 1. The van der Waals surface area contributed by atoms with Crippen LogP contribution in [-0.2, 0) is 0 Å². The fourth-order valence-corrected chi connectivity index (χ4v) is 13.8. The van der Waals surface area contributed by atoms with Crippen molar-refractivity contribution in [2.24, 2.45) is 28.9 Å². The molecule has 0 radical (unpaired) electrons. The second-order valence-corrected chi connectivity index (χ2v) is 28.5. The molecule has 123 heavy (non-hydrogen) atoms. The van der Waals surface area contributed by atoms with Gasteiger partial charge >= 0.3 is 0 Å². The number of amides is 7. The Bertz CT molecular complexity index is 7110.